The van der Waals surface area contributed by atoms with Gasteiger partial charge in [-0.05, 0) is 19.4 Å². The van der Waals surface area contributed by atoms with Gasteiger partial charge in [0.05, 0.1) is 33.0 Å². The van der Waals surface area contributed by atoms with Crippen molar-refractivity contribution in [3.8, 4) is 0 Å². The van der Waals surface area contributed by atoms with E-state index in [1.54, 1.807) is 13.8 Å². The number of ether oxygens (including phenoxy) is 2. The summed E-state index contributed by atoms with van der Waals surface area (Å²) < 4.78 is 33.0. The maximum absolute atomic E-state index is 12.1. The standard InChI is InChI=1S/C14H23O5P/c1-3-18-20(15,19-4-2)13-17-11-10-16-12-14-8-6-5-7-9-14/h5-9H,3-4,10-13H2,1-2H3. The molecule has 20 heavy (non-hydrogen) atoms. The Morgan fingerprint density at radius 1 is 0.950 bits per heavy atom. The van der Waals surface area contributed by atoms with Crippen molar-refractivity contribution in [1.82, 2.24) is 0 Å². The largest absolute Gasteiger partial charge is 0.374 e. The van der Waals surface area contributed by atoms with E-state index in [2.05, 4.69) is 0 Å². The zero-order chi connectivity index (χ0) is 14.7. The summed E-state index contributed by atoms with van der Waals surface area (Å²) in [4.78, 5) is 0. The Morgan fingerprint density at radius 2 is 1.55 bits per heavy atom. The first kappa shape index (κ1) is 17.3. The zero-order valence-corrected chi connectivity index (χ0v) is 13.0. The lowest BCUT2D eigenvalue weighted by molar-refractivity contribution is 0.0477. The zero-order valence-electron chi connectivity index (χ0n) is 12.1. The lowest BCUT2D eigenvalue weighted by Gasteiger charge is -2.16. The van der Waals surface area contributed by atoms with Crippen LogP contribution >= 0.6 is 7.60 Å². The first-order chi connectivity index (χ1) is 9.70. The normalized spacial score (nSPS) is 11.7. The minimum absolute atomic E-state index is 0.0383. The molecule has 6 heteroatoms. The van der Waals surface area contributed by atoms with Crippen LogP contribution in [0.2, 0.25) is 0 Å². The Labute approximate surface area is 120 Å². The summed E-state index contributed by atoms with van der Waals surface area (Å²) in [5.41, 5.74) is 1.11. The summed E-state index contributed by atoms with van der Waals surface area (Å²) in [6.07, 6.45) is -0.0383. The SMILES string of the molecule is CCOP(=O)(COCCOCc1ccccc1)OCC. The van der Waals surface area contributed by atoms with Crippen molar-refractivity contribution in [2.24, 2.45) is 0 Å². The molecule has 1 aromatic rings. The van der Waals surface area contributed by atoms with Crippen LogP contribution in [-0.4, -0.2) is 32.8 Å². The summed E-state index contributed by atoms with van der Waals surface area (Å²) in [6.45, 7) is 5.56. The van der Waals surface area contributed by atoms with E-state index in [1.807, 2.05) is 30.3 Å². The molecule has 0 aliphatic heterocycles. The Bertz CT molecular complexity index is 386. The average molecular weight is 302 g/mol. The van der Waals surface area contributed by atoms with Crippen LogP contribution in [0.15, 0.2) is 30.3 Å². The molecular weight excluding hydrogens is 279 g/mol. The van der Waals surface area contributed by atoms with Crippen LogP contribution in [0.25, 0.3) is 0 Å². The minimum atomic E-state index is -3.10. The monoisotopic (exact) mass is 302 g/mol. The highest BCUT2D eigenvalue weighted by Crippen LogP contribution is 2.47. The molecule has 0 saturated heterocycles. The molecule has 0 amide bonds. The van der Waals surface area contributed by atoms with Crippen molar-refractivity contribution in [3.05, 3.63) is 35.9 Å². The van der Waals surface area contributed by atoms with Gasteiger partial charge in [-0.1, -0.05) is 30.3 Å². The predicted octanol–water partition coefficient (Wildman–Crippen LogP) is 3.44. The summed E-state index contributed by atoms with van der Waals surface area (Å²) in [5.74, 6) is 0. The minimum Gasteiger partial charge on any atom is -0.374 e. The third-order valence-electron chi connectivity index (χ3n) is 2.38. The predicted molar refractivity (Wildman–Crippen MR) is 77.8 cm³/mol. The molecule has 0 saturated carbocycles. The van der Waals surface area contributed by atoms with Crippen molar-refractivity contribution in [2.75, 3.05) is 32.8 Å². The highest BCUT2D eigenvalue weighted by molar-refractivity contribution is 7.53. The van der Waals surface area contributed by atoms with Gasteiger partial charge in [0, 0.05) is 0 Å². The highest BCUT2D eigenvalue weighted by Gasteiger charge is 2.23. The van der Waals surface area contributed by atoms with Crippen LogP contribution in [0.1, 0.15) is 19.4 Å². The van der Waals surface area contributed by atoms with E-state index < -0.39 is 7.60 Å². The van der Waals surface area contributed by atoms with Crippen molar-refractivity contribution in [3.63, 3.8) is 0 Å². The highest BCUT2D eigenvalue weighted by atomic mass is 31.2. The lowest BCUT2D eigenvalue weighted by Crippen LogP contribution is -2.08. The quantitative estimate of drug-likeness (QED) is 0.463. The Kier molecular flexibility index (Phi) is 8.74. The van der Waals surface area contributed by atoms with E-state index in [0.717, 1.165) is 5.56 Å². The molecule has 0 spiro atoms. The van der Waals surface area contributed by atoms with E-state index in [1.165, 1.54) is 0 Å². The average Bonchev–Trinajstić information content (AvgIpc) is 2.44. The van der Waals surface area contributed by atoms with Crippen LogP contribution in [0.4, 0.5) is 0 Å². The van der Waals surface area contributed by atoms with Gasteiger partial charge in [0.15, 0.2) is 0 Å². The molecule has 1 aromatic carbocycles. The second kappa shape index (κ2) is 10.1. The molecular formula is C14H23O5P. The fourth-order valence-corrected chi connectivity index (χ4v) is 2.93. The van der Waals surface area contributed by atoms with Crippen LogP contribution < -0.4 is 0 Å². The lowest BCUT2D eigenvalue weighted by atomic mass is 10.2. The topological polar surface area (TPSA) is 54.0 Å². The van der Waals surface area contributed by atoms with Crippen LogP contribution in [0, 0.1) is 0 Å². The maximum atomic E-state index is 12.1. The summed E-state index contributed by atoms with van der Waals surface area (Å²) in [7, 11) is -3.10. The number of hydrogen-bond donors (Lipinski definition) is 0. The van der Waals surface area contributed by atoms with Crippen molar-refractivity contribution >= 4 is 7.60 Å². The Hall–Kier alpha value is -0.710. The molecule has 0 bridgehead atoms. The van der Waals surface area contributed by atoms with Gasteiger partial charge < -0.3 is 18.5 Å². The van der Waals surface area contributed by atoms with Crippen molar-refractivity contribution in [2.45, 2.75) is 20.5 Å². The molecule has 0 radical (unpaired) electrons. The van der Waals surface area contributed by atoms with Gasteiger partial charge in [-0.2, -0.15) is 0 Å². The smallest absolute Gasteiger partial charge is 0.356 e. The second-order valence-corrected chi connectivity index (χ2v) is 6.02. The van der Waals surface area contributed by atoms with Gasteiger partial charge in [0.2, 0.25) is 0 Å². The summed E-state index contributed by atoms with van der Waals surface area (Å²) >= 11 is 0. The van der Waals surface area contributed by atoms with E-state index in [4.69, 9.17) is 18.5 Å². The molecule has 0 aromatic heterocycles. The molecule has 0 aliphatic rings. The molecule has 5 nitrogen and oxygen atoms in total. The number of hydrogen-bond acceptors (Lipinski definition) is 5. The number of rotatable bonds is 11. The first-order valence-electron chi connectivity index (χ1n) is 6.77. The molecule has 1 rings (SSSR count). The van der Waals surface area contributed by atoms with E-state index >= 15 is 0 Å². The van der Waals surface area contributed by atoms with Crippen molar-refractivity contribution < 1.29 is 23.1 Å². The van der Waals surface area contributed by atoms with Crippen LogP contribution in [-0.2, 0) is 29.7 Å². The summed E-state index contributed by atoms with van der Waals surface area (Å²) in [6, 6.07) is 9.90. The van der Waals surface area contributed by atoms with E-state index in [-0.39, 0.29) is 6.35 Å². The molecule has 0 heterocycles. The maximum Gasteiger partial charge on any atom is 0.356 e. The molecule has 0 unspecified atom stereocenters. The van der Waals surface area contributed by atoms with Gasteiger partial charge in [-0.25, -0.2) is 0 Å². The molecule has 0 fully saturated rings. The molecule has 114 valence electrons. The van der Waals surface area contributed by atoms with Crippen LogP contribution in [0.5, 0.6) is 0 Å². The third-order valence-corrected chi connectivity index (χ3v) is 4.19. The van der Waals surface area contributed by atoms with Crippen LogP contribution in [0.3, 0.4) is 0 Å². The van der Waals surface area contributed by atoms with E-state index in [9.17, 15) is 4.57 Å². The first-order valence-corrected chi connectivity index (χ1v) is 8.50. The fourth-order valence-electron chi connectivity index (χ4n) is 1.56. The van der Waals surface area contributed by atoms with Gasteiger partial charge in [0.25, 0.3) is 0 Å². The molecule has 0 N–H and O–H groups in total. The third kappa shape index (κ3) is 7.17. The van der Waals surface area contributed by atoms with Gasteiger partial charge in [-0.15, -0.1) is 0 Å². The van der Waals surface area contributed by atoms with Gasteiger partial charge >= 0.3 is 7.60 Å². The Morgan fingerprint density at radius 3 is 2.15 bits per heavy atom. The summed E-state index contributed by atoms with van der Waals surface area (Å²) in [5, 5.41) is 0. The van der Waals surface area contributed by atoms with Gasteiger partial charge in [-0.3, -0.25) is 4.57 Å². The van der Waals surface area contributed by atoms with Gasteiger partial charge in [0.1, 0.15) is 6.35 Å². The molecule has 0 atom stereocenters. The van der Waals surface area contributed by atoms with Crippen molar-refractivity contribution in [1.29, 1.82) is 0 Å². The molecule has 0 aliphatic carbocycles. The Balaban J connectivity index is 2.13. The fraction of sp³-hybridized carbons (Fsp3) is 0.571. The van der Waals surface area contributed by atoms with E-state index in [0.29, 0.717) is 33.0 Å². The number of benzene rings is 1. The second-order valence-electron chi connectivity index (χ2n) is 4.02.